The summed E-state index contributed by atoms with van der Waals surface area (Å²) < 4.78 is 0.805. The molecule has 1 aromatic carbocycles. The Morgan fingerprint density at radius 1 is 1.33 bits per heavy atom. The number of anilines is 2. The lowest BCUT2D eigenvalue weighted by Gasteiger charge is -2.15. The lowest BCUT2D eigenvalue weighted by atomic mass is 10.2. The average molecular weight is 363 g/mol. The minimum absolute atomic E-state index is 0.0929. The summed E-state index contributed by atoms with van der Waals surface area (Å²) >= 11 is 2.93. The molecule has 0 bridgehead atoms. The number of hydrogen-bond acceptors (Lipinski definition) is 6. The molecular weight excluding hydrogens is 340 g/mol. The number of aromatic nitrogens is 2. The molecule has 1 aromatic heterocycles. The van der Waals surface area contributed by atoms with E-state index in [4.69, 9.17) is 0 Å². The maximum Gasteiger partial charge on any atom is 0.233 e. The molecule has 128 valence electrons. The Labute approximate surface area is 150 Å². The molecule has 7 heteroatoms. The molecule has 2 N–H and O–H groups in total. The van der Waals surface area contributed by atoms with E-state index in [1.807, 2.05) is 19.1 Å². The zero-order valence-corrected chi connectivity index (χ0v) is 15.5. The van der Waals surface area contributed by atoms with Crippen LogP contribution in [0.5, 0.6) is 0 Å². The van der Waals surface area contributed by atoms with Crippen LogP contribution < -0.4 is 10.6 Å². The van der Waals surface area contributed by atoms with Gasteiger partial charge in [0.05, 0.1) is 5.25 Å². The fourth-order valence-corrected chi connectivity index (χ4v) is 4.67. The molecule has 0 saturated heterocycles. The third-order valence-electron chi connectivity index (χ3n) is 4.02. The van der Waals surface area contributed by atoms with Crippen molar-refractivity contribution in [2.75, 3.05) is 5.32 Å². The van der Waals surface area contributed by atoms with Crippen LogP contribution in [0.25, 0.3) is 0 Å². The second-order valence-corrected chi connectivity index (χ2v) is 8.68. The van der Waals surface area contributed by atoms with Crippen LogP contribution in [-0.2, 0) is 4.79 Å². The molecule has 1 fully saturated rings. The standard InChI is InChI=1S/C17H22N4OS2/c1-11-6-5-9-14(10-11)19-16-20-21-17(24-16)23-12(2)15(22)18-13-7-3-4-8-13/h5-6,9-10,12-13H,3-4,7-8H2,1-2H3,(H,18,22)(H,19,20). The van der Waals surface area contributed by atoms with E-state index in [-0.39, 0.29) is 11.2 Å². The van der Waals surface area contributed by atoms with Crippen molar-refractivity contribution in [1.82, 2.24) is 15.5 Å². The Morgan fingerprint density at radius 2 is 2.12 bits per heavy atom. The number of nitrogens with one attached hydrogen (secondary N) is 2. The van der Waals surface area contributed by atoms with Gasteiger partial charge in [0.2, 0.25) is 11.0 Å². The van der Waals surface area contributed by atoms with Crippen molar-refractivity contribution in [3.05, 3.63) is 29.8 Å². The molecule has 1 saturated carbocycles. The minimum Gasteiger partial charge on any atom is -0.352 e. The first-order chi connectivity index (χ1) is 11.6. The molecule has 3 rings (SSSR count). The van der Waals surface area contributed by atoms with Gasteiger partial charge in [-0.2, -0.15) is 0 Å². The predicted molar refractivity (Wildman–Crippen MR) is 100 cm³/mol. The number of hydrogen-bond donors (Lipinski definition) is 2. The molecule has 1 amide bonds. The number of nitrogens with zero attached hydrogens (tertiary/aromatic N) is 2. The largest absolute Gasteiger partial charge is 0.352 e. The quantitative estimate of drug-likeness (QED) is 0.756. The van der Waals surface area contributed by atoms with E-state index >= 15 is 0 Å². The van der Waals surface area contributed by atoms with Crippen LogP contribution in [0.3, 0.4) is 0 Å². The van der Waals surface area contributed by atoms with Gasteiger partial charge in [-0.25, -0.2) is 0 Å². The molecule has 1 aliphatic carbocycles. The van der Waals surface area contributed by atoms with E-state index in [2.05, 4.69) is 39.9 Å². The van der Waals surface area contributed by atoms with Gasteiger partial charge in [0.25, 0.3) is 0 Å². The molecule has 2 aromatic rings. The Morgan fingerprint density at radius 3 is 2.88 bits per heavy atom. The van der Waals surface area contributed by atoms with Gasteiger partial charge in [-0.05, 0) is 44.4 Å². The highest BCUT2D eigenvalue weighted by Gasteiger charge is 2.22. The second-order valence-electron chi connectivity index (χ2n) is 6.12. The molecule has 0 spiro atoms. The summed E-state index contributed by atoms with van der Waals surface area (Å²) in [7, 11) is 0. The summed E-state index contributed by atoms with van der Waals surface area (Å²) in [6, 6.07) is 8.47. The lowest BCUT2D eigenvalue weighted by Crippen LogP contribution is -2.37. The molecule has 1 aliphatic rings. The van der Waals surface area contributed by atoms with Gasteiger partial charge < -0.3 is 10.6 Å². The summed E-state index contributed by atoms with van der Waals surface area (Å²) in [5, 5.41) is 15.3. The second kappa shape index (κ2) is 7.98. The Balaban J connectivity index is 1.54. The van der Waals surface area contributed by atoms with Crippen molar-refractivity contribution in [2.24, 2.45) is 0 Å². The monoisotopic (exact) mass is 362 g/mol. The van der Waals surface area contributed by atoms with Gasteiger partial charge in [-0.15, -0.1) is 10.2 Å². The summed E-state index contributed by atoms with van der Waals surface area (Å²) in [5.41, 5.74) is 2.19. The number of carbonyl (C=O) groups excluding carboxylic acids is 1. The van der Waals surface area contributed by atoms with E-state index < -0.39 is 0 Å². The van der Waals surface area contributed by atoms with Crippen LogP contribution in [0, 0.1) is 6.92 Å². The van der Waals surface area contributed by atoms with E-state index in [9.17, 15) is 4.79 Å². The maximum atomic E-state index is 12.2. The number of thioether (sulfide) groups is 1. The third kappa shape index (κ3) is 4.70. The highest BCUT2D eigenvalue weighted by atomic mass is 32.2. The van der Waals surface area contributed by atoms with Crippen molar-refractivity contribution >= 4 is 39.8 Å². The van der Waals surface area contributed by atoms with Crippen molar-refractivity contribution in [3.8, 4) is 0 Å². The van der Waals surface area contributed by atoms with Crippen molar-refractivity contribution in [3.63, 3.8) is 0 Å². The fraction of sp³-hybridized carbons (Fsp3) is 0.471. The summed E-state index contributed by atoms with van der Waals surface area (Å²) in [6.45, 7) is 3.97. The van der Waals surface area contributed by atoms with Crippen LogP contribution >= 0.6 is 23.1 Å². The van der Waals surface area contributed by atoms with Crippen molar-refractivity contribution in [1.29, 1.82) is 0 Å². The summed E-state index contributed by atoms with van der Waals surface area (Å²) in [4.78, 5) is 12.2. The summed E-state index contributed by atoms with van der Waals surface area (Å²) in [5.74, 6) is 0.0929. The zero-order valence-electron chi connectivity index (χ0n) is 13.9. The predicted octanol–water partition coefficient (Wildman–Crippen LogP) is 4.13. The molecule has 1 heterocycles. The number of amides is 1. The van der Waals surface area contributed by atoms with Crippen LogP contribution in [-0.4, -0.2) is 27.4 Å². The zero-order chi connectivity index (χ0) is 16.9. The van der Waals surface area contributed by atoms with Gasteiger partial charge in [0, 0.05) is 11.7 Å². The smallest absolute Gasteiger partial charge is 0.233 e. The molecule has 5 nitrogen and oxygen atoms in total. The number of rotatable bonds is 6. The van der Waals surface area contributed by atoms with E-state index in [0.29, 0.717) is 6.04 Å². The van der Waals surface area contributed by atoms with E-state index in [1.165, 1.54) is 41.5 Å². The van der Waals surface area contributed by atoms with Crippen LogP contribution in [0.4, 0.5) is 10.8 Å². The SMILES string of the molecule is Cc1cccc(Nc2nnc(SC(C)C(=O)NC3CCCC3)s2)c1. The van der Waals surface area contributed by atoms with Crippen LogP contribution in [0.1, 0.15) is 38.2 Å². The van der Waals surface area contributed by atoms with Gasteiger partial charge in [0.1, 0.15) is 0 Å². The first-order valence-corrected chi connectivity index (χ1v) is 9.94. The fourth-order valence-electron chi connectivity index (χ4n) is 2.75. The Kier molecular flexibility index (Phi) is 5.73. The molecule has 0 radical (unpaired) electrons. The van der Waals surface area contributed by atoms with E-state index in [0.717, 1.165) is 28.0 Å². The molecule has 0 aliphatic heterocycles. The number of benzene rings is 1. The normalized spacial score (nSPS) is 16.1. The molecule has 1 atom stereocenters. The van der Waals surface area contributed by atoms with Gasteiger partial charge in [-0.3, -0.25) is 4.79 Å². The van der Waals surface area contributed by atoms with Gasteiger partial charge in [0.15, 0.2) is 4.34 Å². The number of aryl methyl sites for hydroxylation is 1. The molecule has 1 unspecified atom stereocenters. The van der Waals surface area contributed by atoms with Crippen LogP contribution in [0.15, 0.2) is 28.6 Å². The highest BCUT2D eigenvalue weighted by molar-refractivity contribution is 8.02. The Bertz CT molecular complexity index is 697. The lowest BCUT2D eigenvalue weighted by molar-refractivity contribution is -0.120. The first kappa shape index (κ1) is 17.2. The van der Waals surface area contributed by atoms with Gasteiger partial charge in [-0.1, -0.05) is 48.1 Å². The third-order valence-corrected chi connectivity index (χ3v) is 6.05. The average Bonchev–Trinajstić information content (AvgIpc) is 3.19. The minimum atomic E-state index is -0.162. The molecular formula is C17H22N4OS2. The highest BCUT2D eigenvalue weighted by Crippen LogP contribution is 2.31. The maximum absolute atomic E-state index is 12.2. The Hall–Kier alpha value is -1.60. The number of carbonyl (C=O) groups is 1. The first-order valence-electron chi connectivity index (χ1n) is 8.24. The topological polar surface area (TPSA) is 66.9 Å². The van der Waals surface area contributed by atoms with E-state index in [1.54, 1.807) is 0 Å². The van der Waals surface area contributed by atoms with Gasteiger partial charge >= 0.3 is 0 Å². The van der Waals surface area contributed by atoms with Crippen LogP contribution in [0.2, 0.25) is 0 Å². The summed E-state index contributed by atoms with van der Waals surface area (Å²) in [6.07, 6.45) is 4.65. The molecule has 24 heavy (non-hydrogen) atoms. The van der Waals surface area contributed by atoms with Crippen molar-refractivity contribution < 1.29 is 4.79 Å². The van der Waals surface area contributed by atoms with Crippen molar-refractivity contribution in [2.45, 2.75) is 55.2 Å².